The van der Waals surface area contributed by atoms with Gasteiger partial charge in [-0.25, -0.2) is 0 Å². The standard InChI is InChI=1S/C13H18O4/c1-3-4-9(14)16-11-10-7-5-8(12(15)17-10)13(11,2)6-7/h7-8,10-11H,3-6H2,1-2H3. The van der Waals surface area contributed by atoms with Gasteiger partial charge in [0.1, 0.15) is 12.2 Å². The van der Waals surface area contributed by atoms with Crippen LogP contribution in [0.15, 0.2) is 0 Å². The van der Waals surface area contributed by atoms with Crippen molar-refractivity contribution in [2.24, 2.45) is 17.3 Å². The summed E-state index contributed by atoms with van der Waals surface area (Å²) in [5, 5.41) is 0. The Morgan fingerprint density at radius 2 is 2.35 bits per heavy atom. The number of fused-ring (bicyclic) bond motifs is 1. The van der Waals surface area contributed by atoms with Crippen molar-refractivity contribution in [1.82, 2.24) is 0 Å². The molecule has 17 heavy (non-hydrogen) atoms. The van der Waals surface area contributed by atoms with E-state index in [1.165, 1.54) is 0 Å². The van der Waals surface area contributed by atoms with Crippen LogP contribution in [0.25, 0.3) is 0 Å². The minimum Gasteiger partial charge on any atom is -0.458 e. The third kappa shape index (κ3) is 1.36. The van der Waals surface area contributed by atoms with Crippen molar-refractivity contribution in [2.75, 3.05) is 0 Å². The molecule has 4 rings (SSSR count). The molecule has 4 heteroatoms. The lowest BCUT2D eigenvalue weighted by atomic mass is 9.71. The summed E-state index contributed by atoms with van der Waals surface area (Å²) in [5.41, 5.74) is -0.173. The molecule has 94 valence electrons. The van der Waals surface area contributed by atoms with E-state index in [4.69, 9.17) is 9.47 Å². The lowest BCUT2D eigenvalue weighted by Crippen LogP contribution is -2.55. The number of esters is 2. The van der Waals surface area contributed by atoms with Gasteiger partial charge in [-0.05, 0) is 19.3 Å². The fourth-order valence-electron chi connectivity index (χ4n) is 3.90. The second-order valence-corrected chi connectivity index (χ2v) is 5.82. The number of ether oxygens (including phenoxy) is 2. The first-order valence-electron chi connectivity index (χ1n) is 6.46. The first kappa shape index (κ1) is 11.1. The van der Waals surface area contributed by atoms with Crippen LogP contribution < -0.4 is 0 Å². The smallest absolute Gasteiger partial charge is 0.310 e. The van der Waals surface area contributed by atoms with E-state index < -0.39 is 0 Å². The zero-order valence-electron chi connectivity index (χ0n) is 10.3. The van der Waals surface area contributed by atoms with Crippen LogP contribution >= 0.6 is 0 Å². The lowest BCUT2D eigenvalue weighted by molar-refractivity contribution is -0.207. The maximum Gasteiger partial charge on any atom is 0.310 e. The van der Waals surface area contributed by atoms with Gasteiger partial charge in [-0.2, -0.15) is 0 Å². The van der Waals surface area contributed by atoms with Gasteiger partial charge in [-0.1, -0.05) is 13.8 Å². The van der Waals surface area contributed by atoms with E-state index >= 15 is 0 Å². The third-order valence-electron chi connectivity index (χ3n) is 4.70. The summed E-state index contributed by atoms with van der Waals surface area (Å²) in [4.78, 5) is 23.3. The van der Waals surface area contributed by atoms with Crippen LogP contribution in [0.3, 0.4) is 0 Å². The topological polar surface area (TPSA) is 52.6 Å². The van der Waals surface area contributed by atoms with Crippen LogP contribution in [-0.2, 0) is 19.1 Å². The molecule has 2 aliphatic heterocycles. The average Bonchev–Trinajstić information content (AvgIpc) is 2.69. The fourth-order valence-corrected chi connectivity index (χ4v) is 3.90. The summed E-state index contributed by atoms with van der Waals surface area (Å²) in [7, 11) is 0. The number of rotatable bonds is 3. The second-order valence-electron chi connectivity index (χ2n) is 5.82. The third-order valence-corrected chi connectivity index (χ3v) is 4.70. The van der Waals surface area contributed by atoms with Gasteiger partial charge in [0, 0.05) is 17.8 Å². The molecule has 0 amide bonds. The van der Waals surface area contributed by atoms with E-state index in [2.05, 4.69) is 6.92 Å². The second kappa shape index (κ2) is 3.47. The SMILES string of the molecule is CCCC(=O)OC1C2OC(=O)C3CC2CC31C. The Hall–Kier alpha value is -1.06. The Morgan fingerprint density at radius 1 is 1.59 bits per heavy atom. The van der Waals surface area contributed by atoms with Gasteiger partial charge in [-0.3, -0.25) is 9.59 Å². The predicted octanol–water partition coefficient (Wildman–Crippen LogP) is 1.67. The molecule has 2 saturated heterocycles. The van der Waals surface area contributed by atoms with E-state index in [1.807, 2.05) is 6.92 Å². The molecule has 0 aromatic rings. The predicted molar refractivity (Wildman–Crippen MR) is 59.0 cm³/mol. The summed E-state index contributed by atoms with van der Waals surface area (Å²) in [6.07, 6.45) is 2.73. The maximum absolute atomic E-state index is 11.7. The van der Waals surface area contributed by atoms with Crippen LogP contribution in [0.5, 0.6) is 0 Å². The highest BCUT2D eigenvalue weighted by Crippen LogP contribution is 2.62. The summed E-state index contributed by atoms with van der Waals surface area (Å²) in [6, 6.07) is 0. The minimum absolute atomic E-state index is 0.0584. The molecular weight excluding hydrogens is 220 g/mol. The molecule has 2 heterocycles. The highest BCUT2D eigenvalue weighted by molar-refractivity contribution is 5.77. The molecule has 4 aliphatic rings. The Balaban J connectivity index is 1.80. The number of carbonyl (C=O) groups excluding carboxylic acids is 2. The number of hydrogen-bond donors (Lipinski definition) is 0. The highest BCUT2D eigenvalue weighted by Gasteiger charge is 2.69. The van der Waals surface area contributed by atoms with Crippen LogP contribution in [0.1, 0.15) is 39.5 Å². The van der Waals surface area contributed by atoms with Crippen LogP contribution in [-0.4, -0.2) is 24.1 Å². The Bertz CT molecular complexity index is 378. The van der Waals surface area contributed by atoms with Gasteiger partial charge in [0.05, 0.1) is 5.92 Å². The Labute approximate surface area is 101 Å². The molecule has 4 bridgehead atoms. The van der Waals surface area contributed by atoms with Gasteiger partial charge >= 0.3 is 11.9 Å². The molecule has 2 saturated carbocycles. The number of hydrogen-bond acceptors (Lipinski definition) is 4. The van der Waals surface area contributed by atoms with Gasteiger partial charge in [0.15, 0.2) is 0 Å². The zero-order valence-corrected chi connectivity index (χ0v) is 10.3. The summed E-state index contributed by atoms with van der Waals surface area (Å²) in [6.45, 7) is 4.03. The molecule has 5 atom stereocenters. The maximum atomic E-state index is 11.7. The quantitative estimate of drug-likeness (QED) is 0.702. The van der Waals surface area contributed by atoms with Gasteiger partial charge in [-0.15, -0.1) is 0 Å². The largest absolute Gasteiger partial charge is 0.458 e. The van der Waals surface area contributed by atoms with Crippen molar-refractivity contribution >= 4 is 11.9 Å². The van der Waals surface area contributed by atoms with Gasteiger partial charge in [0.2, 0.25) is 0 Å². The molecule has 0 spiro atoms. The van der Waals surface area contributed by atoms with E-state index in [9.17, 15) is 9.59 Å². The van der Waals surface area contributed by atoms with Gasteiger partial charge < -0.3 is 9.47 Å². The van der Waals surface area contributed by atoms with Crippen molar-refractivity contribution in [3.63, 3.8) is 0 Å². The molecule has 4 nitrogen and oxygen atoms in total. The number of carbonyl (C=O) groups is 2. The average molecular weight is 238 g/mol. The van der Waals surface area contributed by atoms with E-state index in [1.54, 1.807) is 0 Å². The van der Waals surface area contributed by atoms with E-state index in [0.29, 0.717) is 12.3 Å². The molecule has 0 aromatic carbocycles. The Kier molecular flexibility index (Phi) is 2.25. The molecule has 2 aliphatic carbocycles. The van der Waals surface area contributed by atoms with Crippen LogP contribution in [0, 0.1) is 17.3 Å². The summed E-state index contributed by atoms with van der Waals surface area (Å²) < 4.78 is 10.9. The molecule has 0 radical (unpaired) electrons. The van der Waals surface area contributed by atoms with Crippen LogP contribution in [0.4, 0.5) is 0 Å². The molecule has 4 fully saturated rings. The van der Waals surface area contributed by atoms with E-state index in [-0.39, 0.29) is 35.5 Å². The monoisotopic (exact) mass is 238 g/mol. The highest BCUT2D eigenvalue weighted by atomic mass is 16.6. The van der Waals surface area contributed by atoms with Crippen molar-refractivity contribution < 1.29 is 19.1 Å². The summed E-state index contributed by atoms with van der Waals surface area (Å²) in [5.74, 6) is 0.0982. The van der Waals surface area contributed by atoms with Crippen molar-refractivity contribution in [2.45, 2.75) is 51.7 Å². The van der Waals surface area contributed by atoms with Crippen molar-refractivity contribution in [1.29, 1.82) is 0 Å². The molecule has 0 N–H and O–H groups in total. The molecule has 0 aromatic heterocycles. The van der Waals surface area contributed by atoms with Gasteiger partial charge in [0.25, 0.3) is 0 Å². The fraction of sp³-hybridized carbons (Fsp3) is 0.846. The molecule has 5 unspecified atom stereocenters. The zero-order chi connectivity index (χ0) is 12.2. The lowest BCUT2D eigenvalue weighted by Gasteiger charge is -2.45. The Morgan fingerprint density at radius 3 is 3.00 bits per heavy atom. The van der Waals surface area contributed by atoms with Crippen LogP contribution in [0.2, 0.25) is 0 Å². The van der Waals surface area contributed by atoms with Crippen molar-refractivity contribution in [3.8, 4) is 0 Å². The molecular formula is C13H18O4. The van der Waals surface area contributed by atoms with E-state index in [0.717, 1.165) is 19.3 Å². The minimum atomic E-state index is -0.206. The first-order valence-corrected chi connectivity index (χ1v) is 6.46. The first-order chi connectivity index (χ1) is 8.06. The van der Waals surface area contributed by atoms with Crippen molar-refractivity contribution in [3.05, 3.63) is 0 Å². The normalized spacial score (nSPS) is 46.1. The summed E-state index contributed by atoms with van der Waals surface area (Å²) >= 11 is 0.